The molecular weight excluding hydrogens is 895 g/mol. The quantitative estimate of drug-likeness (QED) is 0.0193. The van der Waals surface area contributed by atoms with E-state index in [1.54, 1.807) is 0 Å². The monoisotopic (exact) mass is 1000 g/mol. The van der Waals surface area contributed by atoms with E-state index < -0.39 is 59.9 Å². The number of carbonyl (C=O) groups is 1. The summed E-state index contributed by atoms with van der Waals surface area (Å²) in [4.78, 5) is 13.1. The number of ether oxygens (including phenoxy) is 2. The molecule has 1 fully saturated rings. The number of hydrogen-bond donors (Lipinski definition) is 6. The molecule has 0 saturated carbocycles. The molecule has 0 aromatic heterocycles. The fraction of sp³-hybridized carbons (Fsp3) is 0.946. The Kier molecular flexibility index (Phi) is 44.5. The highest BCUT2D eigenvalue weighted by Crippen LogP contribution is 2.26. The molecule has 13 heteroatoms. The fourth-order valence-electron chi connectivity index (χ4n) is 9.57. The molecule has 1 amide bonds. The van der Waals surface area contributed by atoms with Crippen LogP contribution in [0.1, 0.15) is 284 Å². The Morgan fingerprint density at radius 1 is 0.565 bits per heavy atom. The summed E-state index contributed by atoms with van der Waals surface area (Å²) in [7, 11) is -5.08. The van der Waals surface area contributed by atoms with Gasteiger partial charge in [0.2, 0.25) is 5.91 Å². The molecule has 69 heavy (non-hydrogen) atoms. The first-order chi connectivity index (χ1) is 33.5. The summed E-state index contributed by atoms with van der Waals surface area (Å²) in [5.41, 5.74) is 0. The lowest BCUT2D eigenvalue weighted by molar-refractivity contribution is -0.298. The van der Waals surface area contributed by atoms with Gasteiger partial charge in [0.1, 0.15) is 24.4 Å². The summed E-state index contributed by atoms with van der Waals surface area (Å²) in [5.74, 6) is -0.230. The second-order valence-electron chi connectivity index (χ2n) is 20.6. The number of nitrogens with one attached hydrogen (secondary N) is 1. The Balaban J connectivity index is 2.33. The molecule has 6 N–H and O–H groups in total. The number of carbonyl (C=O) groups excluding carboxylic acids is 1. The first-order valence-electron chi connectivity index (χ1n) is 29.1. The zero-order chi connectivity index (χ0) is 50.5. The number of rotatable bonds is 51. The molecule has 0 bridgehead atoms. The molecule has 7 unspecified atom stereocenters. The van der Waals surface area contributed by atoms with Crippen LogP contribution in [0.3, 0.4) is 0 Å². The van der Waals surface area contributed by atoms with E-state index in [4.69, 9.17) is 9.47 Å². The molecule has 0 aromatic carbocycles. The SMILES string of the molecule is CCCCCCCC/C=C\CCCCCCCCCC(=O)NC(COC1OC(CO)C(O)C(OS(=O)(=O)O)C1O)C(O)CCCCCCCCCCCCCCCCCCCCCCCCCCC. The highest BCUT2D eigenvalue weighted by Gasteiger charge is 2.48. The summed E-state index contributed by atoms with van der Waals surface area (Å²) in [6, 6.07) is -0.858. The van der Waals surface area contributed by atoms with Gasteiger partial charge >= 0.3 is 10.4 Å². The second-order valence-corrected chi connectivity index (χ2v) is 21.6. The van der Waals surface area contributed by atoms with E-state index in [0.29, 0.717) is 12.8 Å². The van der Waals surface area contributed by atoms with Crippen molar-refractivity contribution in [2.24, 2.45) is 0 Å². The predicted molar refractivity (Wildman–Crippen MR) is 282 cm³/mol. The van der Waals surface area contributed by atoms with Crippen LogP contribution in [0.5, 0.6) is 0 Å². The van der Waals surface area contributed by atoms with Crippen LogP contribution in [0.25, 0.3) is 0 Å². The van der Waals surface area contributed by atoms with Crippen molar-refractivity contribution in [2.75, 3.05) is 13.2 Å². The third-order valence-electron chi connectivity index (χ3n) is 14.1. The van der Waals surface area contributed by atoms with E-state index in [0.717, 1.165) is 51.4 Å². The van der Waals surface area contributed by atoms with Gasteiger partial charge in [-0.15, -0.1) is 0 Å². The Labute approximate surface area is 423 Å². The van der Waals surface area contributed by atoms with Gasteiger partial charge in [0, 0.05) is 6.42 Å². The van der Waals surface area contributed by atoms with Crippen LogP contribution in [0, 0.1) is 0 Å². The van der Waals surface area contributed by atoms with E-state index in [1.165, 1.54) is 199 Å². The molecule has 1 aliphatic heterocycles. The molecule has 1 rings (SSSR count). The average Bonchev–Trinajstić information content (AvgIpc) is 3.32. The standard InChI is InChI=1S/C56H109NO11S/c1-3-5-7-9-11-13-15-17-19-21-22-23-24-25-26-27-28-30-31-33-35-37-39-41-43-45-50(59)49(48-66-56-54(62)55(68-69(63,64)65)53(61)51(47-58)67-56)57-52(60)46-44-42-40-38-36-34-32-29-20-18-16-14-12-10-8-6-4-2/h18,20,49-51,53-56,58-59,61-62H,3-17,19,21-48H2,1-2H3,(H,57,60)(H,63,64,65)/b20-18-. The van der Waals surface area contributed by atoms with Crippen LogP contribution in [0.15, 0.2) is 12.2 Å². The van der Waals surface area contributed by atoms with Gasteiger partial charge in [-0.25, -0.2) is 4.18 Å². The lowest BCUT2D eigenvalue weighted by Gasteiger charge is -2.41. The van der Waals surface area contributed by atoms with Crippen molar-refractivity contribution < 1.29 is 51.8 Å². The normalized spacial score (nSPS) is 19.7. The van der Waals surface area contributed by atoms with Crippen molar-refractivity contribution in [3.8, 4) is 0 Å². The largest absolute Gasteiger partial charge is 0.397 e. The summed E-state index contributed by atoms with van der Waals surface area (Å²) < 4.78 is 47.9. The molecule has 1 saturated heterocycles. The van der Waals surface area contributed by atoms with Crippen LogP contribution in [0.4, 0.5) is 0 Å². The topological polar surface area (TPSA) is 192 Å². The maximum absolute atomic E-state index is 13.1. The number of aliphatic hydroxyl groups is 4. The van der Waals surface area contributed by atoms with Gasteiger partial charge in [-0.05, 0) is 38.5 Å². The van der Waals surface area contributed by atoms with Crippen LogP contribution >= 0.6 is 0 Å². The van der Waals surface area contributed by atoms with Gasteiger partial charge in [0.15, 0.2) is 6.29 Å². The highest BCUT2D eigenvalue weighted by atomic mass is 32.3. The smallest absolute Gasteiger partial charge is 0.394 e. The molecular formula is C56H109NO11S. The van der Waals surface area contributed by atoms with Gasteiger partial charge in [0.05, 0.1) is 25.4 Å². The Bertz CT molecular complexity index is 1270. The molecule has 0 spiro atoms. The van der Waals surface area contributed by atoms with E-state index in [-0.39, 0.29) is 18.9 Å². The van der Waals surface area contributed by atoms with Gasteiger partial charge in [-0.2, -0.15) is 8.42 Å². The minimum atomic E-state index is -5.08. The maximum atomic E-state index is 13.1. The van der Waals surface area contributed by atoms with Crippen LogP contribution in [-0.2, 0) is 28.9 Å². The molecule has 0 aliphatic carbocycles. The lowest BCUT2D eigenvalue weighted by Crippen LogP contribution is -2.61. The van der Waals surface area contributed by atoms with Crippen molar-refractivity contribution in [3.05, 3.63) is 12.2 Å². The minimum Gasteiger partial charge on any atom is -0.394 e. The van der Waals surface area contributed by atoms with Gasteiger partial charge in [-0.3, -0.25) is 9.35 Å². The zero-order valence-electron chi connectivity index (χ0n) is 44.4. The molecule has 12 nitrogen and oxygen atoms in total. The van der Waals surface area contributed by atoms with Crippen LogP contribution in [-0.4, -0.2) is 95.4 Å². The number of hydrogen-bond acceptors (Lipinski definition) is 10. The van der Waals surface area contributed by atoms with Crippen molar-refractivity contribution in [1.29, 1.82) is 0 Å². The molecule has 0 aromatic rings. The van der Waals surface area contributed by atoms with Gasteiger partial charge in [-0.1, -0.05) is 251 Å². The first-order valence-corrected chi connectivity index (χ1v) is 30.4. The number of aliphatic hydroxyl groups excluding tert-OH is 4. The predicted octanol–water partition coefficient (Wildman–Crippen LogP) is 13.5. The Morgan fingerprint density at radius 3 is 1.30 bits per heavy atom. The van der Waals surface area contributed by atoms with Crippen LogP contribution in [0.2, 0.25) is 0 Å². The minimum absolute atomic E-state index is 0.230. The molecule has 0 radical (unpaired) electrons. The van der Waals surface area contributed by atoms with Gasteiger partial charge in [0.25, 0.3) is 0 Å². The summed E-state index contributed by atoms with van der Waals surface area (Å²) in [5, 5.41) is 45.1. The average molecular weight is 1000 g/mol. The number of allylic oxidation sites excluding steroid dienone is 2. The molecule has 1 aliphatic rings. The number of unbranched alkanes of at least 4 members (excludes halogenated alkanes) is 37. The first kappa shape index (κ1) is 65.9. The summed E-state index contributed by atoms with van der Waals surface area (Å²) in [6.45, 7) is 3.48. The van der Waals surface area contributed by atoms with Crippen molar-refractivity contribution in [2.45, 2.75) is 326 Å². The molecule has 7 atom stereocenters. The Hall–Kier alpha value is -1.16. The third kappa shape index (κ3) is 39.0. The van der Waals surface area contributed by atoms with E-state index in [1.807, 2.05) is 0 Å². The third-order valence-corrected chi connectivity index (χ3v) is 14.5. The van der Waals surface area contributed by atoms with E-state index in [2.05, 4.69) is 35.5 Å². The van der Waals surface area contributed by atoms with Crippen molar-refractivity contribution >= 4 is 16.3 Å². The molecule has 410 valence electrons. The van der Waals surface area contributed by atoms with Crippen molar-refractivity contribution in [1.82, 2.24) is 5.32 Å². The lowest BCUT2D eigenvalue weighted by atomic mass is 9.99. The van der Waals surface area contributed by atoms with E-state index >= 15 is 0 Å². The number of amides is 1. The van der Waals surface area contributed by atoms with Crippen molar-refractivity contribution in [3.63, 3.8) is 0 Å². The summed E-state index contributed by atoms with van der Waals surface area (Å²) >= 11 is 0. The highest BCUT2D eigenvalue weighted by molar-refractivity contribution is 7.80. The second kappa shape index (κ2) is 46.6. The van der Waals surface area contributed by atoms with E-state index in [9.17, 15) is 38.2 Å². The fourth-order valence-corrected chi connectivity index (χ4v) is 10.1. The van der Waals surface area contributed by atoms with Gasteiger partial charge < -0.3 is 35.2 Å². The maximum Gasteiger partial charge on any atom is 0.397 e. The summed E-state index contributed by atoms with van der Waals surface area (Å²) in [6.07, 6.45) is 46.5. The zero-order valence-corrected chi connectivity index (χ0v) is 45.2. The van der Waals surface area contributed by atoms with Crippen LogP contribution < -0.4 is 5.32 Å². The Morgan fingerprint density at radius 2 is 0.928 bits per heavy atom. The molecule has 1 heterocycles.